The maximum absolute atomic E-state index is 13.4. The lowest BCUT2D eigenvalue weighted by molar-refractivity contribution is 0.384. The standard InChI is InChI=1S/C25H23FN6O/c26-17-3-1-16(2-4-17)22-29-20-15-27-31-24(33)21(20)23(30-22)28-18-5-7-19(8-6-18)32-13-11-25(9-10-25)12-14-32/h1-8,15H,9-14H2,(H,31,33)(H,28,29,30). The highest BCUT2D eigenvalue weighted by Crippen LogP contribution is 2.53. The molecule has 8 heteroatoms. The number of fused-ring (bicyclic) bond motifs is 1. The summed E-state index contributed by atoms with van der Waals surface area (Å²) in [6, 6.07) is 14.1. The van der Waals surface area contributed by atoms with Gasteiger partial charge in [-0.25, -0.2) is 19.5 Å². The first-order chi connectivity index (χ1) is 16.1. The smallest absolute Gasteiger partial charge is 0.277 e. The lowest BCUT2D eigenvalue weighted by atomic mass is 9.93. The average molecular weight is 442 g/mol. The van der Waals surface area contributed by atoms with E-state index in [9.17, 15) is 9.18 Å². The minimum absolute atomic E-state index is 0.325. The molecule has 0 amide bonds. The van der Waals surface area contributed by atoms with E-state index < -0.39 is 0 Å². The molecule has 6 rings (SSSR count). The summed E-state index contributed by atoms with van der Waals surface area (Å²) in [5.74, 6) is 0.429. The molecule has 7 nitrogen and oxygen atoms in total. The van der Waals surface area contributed by atoms with E-state index in [-0.39, 0.29) is 11.4 Å². The fourth-order valence-electron chi connectivity index (χ4n) is 4.63. The van der Waals surface area contributed by atoms with Gasteiger partial charge in [0, 0.05) is 30.0 Å². The summed E-state index contributed by atoms with van der Waals surface area (Å²) in [6.45, 7) is 2.21. The maximum Gasteiger partial charge on any atom is 0.277 e. The zero-order valence-electron chi connectivity index (χ0n) is 18.0. The van der Waals surface area contributed by atoms with Crippen LogP contribution in [0.5, 0.6) is 0 Å². The van der Waals surface area contributed by atoms with Crippen molar-refractivity contribution < 1.29 is 4.39 Å². The fraction of sp³-hybridized carbons (Fsp3) is 0.280. The van der Waals surface area contributed by atoms with Crippen LogP contribution in [0.4, 0.5) is 21.6 Å². The monoisotopic (exact) mass is 442 g/mol. The van der Waals surface area contributed by atoms with Crippen molar-refractivity contribution in [2.75, 3.05) is 23.3 Å². The number of benzene rings is 2. The Hall–Kier alpha value is -3.81. The molecular weight excluding hydrogens is 419 g/mol. The third kappa shape index (κ3) is 3.82. The SMILES string of the molecule is O=c1[nH]ncc2nc(-c3ccc(F)cc3)nc(Nc3ccc(N4CCC5(CC4)CC5)cc3)c12. The second-order valence-electron chi connectivity index (χ2n) is 9.02. The Kier molecular flexibility index (Phi) is 4.60. The van der Waals surface area contributed by atoms with Gasteiger partial charge < -0.3 is 10.2 Å². The van der Waals surface area contributed by atoms with Crippen LogP contribution in [-0.4, -0.2) is 33.3 Å². The van der Waals surface area contributed by atoms with E-state index in [1.165, 1.54) is 49.7 Å². The molecule has 2 aromatic heterocycles. The lowest BCUT2D eigenvalue weighted by Gasteiger charge is -2.33. The number of aromatic nitrogens is 4. The molecule has 3 heterocycles. The number of rotatable bonds is 4. The molecule has 2 aliphatic rings. The highest BCUT2D eigenvalue weighted by Gasteiger charge is 2.44. The highest BCUT2D eigenvalue weighted by atomic mass is 19.1. The number of piperidine rings is 1. The van der Waals surface area contributed by atoms with E-state index in [4.69, 9.17) is 0 Å². The number of hydrogen-bond acceptors (Lipinski definition) is 6. The summed E-state index contributed by atoms with van der Waals surface area (Å²) in [5, 5.41) is 9.91. The van der Waals surface area contributed by atoms with Gasteiger partial charge in [-0.05, 0) is 79.6 Å². The molecule has 0 unspecified atom stereocenters. The van der Waals surface area contributed by atoms with Gasteiger partial charge in [-0.2, -0.15) is 5.10 Å². The van der Waals surface area contributed by atoms with Crippen LogP contribution in [0.2, 0.25) is 0 Å². The Morgan fingerprint density at radius 3 is 2.36 bits per heavy atom. The van der Waals surface area contributed by atoms with Gasteiger partial charge in [0.25, 0.3) is 5.56 Å². The number of anilines is 3. The van der Waals surface area contributed by atoms with Gasteiger partial charge in [0.05, 0.1) is 6.20 Å². The molecule has 1 saturated heterocycles. The Morgan fingerprint density at radius 1 is 0.939 bits per heavy atom. The van der Waals surface area contributed by atoms with Crippen LogP contribution >= 0.6 is 0 Å². The summed E-state index contributed by atoms with van der Waals surface area (Å²) in [4.78, 5) is 24.0. The summed E-state index contributed by atoms with van der Waals surface area (Å²) >= 11 is 0. The minimum atomic E-state index is -0.375. The van der Waals surface area contributed by atoms with Crippen LogP contribution in [0.3, 0.4) is 0 Å². The van der Waals surface area contributed by atoms with Crippen molar-refractivity contribution in [1.29, 1.82) is 0 Å². The normalized spacial score (nSPS) is 16.8. The number of halogens is 1. The Bertz CT molecular complexity index is 1370. The fourth-order valence-corrected chi connectivity index (χ4v) is 4.63. The highest BCUT2D eigenvalue weighted by molar-refractivity contribution is 5.91. The summed E-state index contributed by atoms with van der Waals surface area (Å²) in [6.07, 6.45) is 6.84. The van der Waals surface area contributed by atoms with Gasteiger partial charge in [0.15, 0.2) is 5.82 Å². The molecule has 2 aromatic carbocycles. The van der Waals surface area contributed by atoms with Crippen LogP contribution in [-0.2, 0) is 0 Å². The van der Waals surface area contributed by atoms with Crippen molar-refractivity contribution in [3.05, 3.63) is 70.9 Å². The van der Waals surface area contributed by atoms with Gasteiger partial charge in [0.2, 0.25) is 0 Å². The average Bonchev–Trinajstić information content (AvgIpc) is 3.59. The van der Waals surface area contributed by atoms with Crippen molar-refractivity contribution in [1.82, 2.24) is 20.2 Å². The molecule has 0 atom stereocenters. The molecule has 1 spiro atoms. The van der Waals surface area contributed by atoms with Crippen molar-refractivity contribution in [2.24, 2.45) is 5.41 Å². The molecular formula is C25H23FN6O. The zero-order valence-corrected chi connectivity index (χ0v) is 18.0. The van der Waals surface area contributed by atoms with Crippen LogP contribution in [0.1, 0.15) is 25.7 Å². The first-order valence-electron chi connectivity index (χ1n) is 11.2. The van der Waals surface area contributed by atoms with Gasteiger partial charge in [-0.1, -0.05) is 0 Å². The summed E-state index contributed by atoms with van der Waals surface area (Å²) in [7, 11) is 0. The van der Waals surface area contributed by atoms with E-state index in [2.05, 4.69) is 42.5 Å². The molecule has 2 N–H and O–H groups in total. The van der Waals surface area contributed by atoms with Crippen molar-refractivity contribution in [2.45, 2.75) is 25.7 Å². The molecule has 1 aliphatic heterocycles. The predicted octanol–water partition coefficient (Wildman–Crippen LogP) is 4.64. The van der Waals surface area contributed by atoms with E-state index in [0.717, 1.165) is 18.8 Å². The maximum atomic E-state index is 13.4. The van der Waals surface area contributed by atoms with E-state index in [1.807, 2.05) is 12.1 Å². The molecule has 0 radical (unpaired) electrons. The number of aromatic amines is 1. The quantitative estimate of drug-likeness (QED) is 0.479. The van der Waals surface area contributed by atoms with Crippen LogP contribution in [0.25, 0.3) is 22.3 Å². The van der Waals surface area contributed by atoms with E-state index in [1.54, 1.807) is 12.1 Å². The van der Waals surface area contributed by atoms with Gasteiger partial charge >= 0.3 is 0 Å². The number of nitrogens with zero attached hydrogens (tertiary/aromatic N) is 4. The second-order valence-corrected chi connectivity index (χ2v) is 9.02. The van der Waals surface area contributed by atoms with E-state index >= 15 is 0 Å². The largest absolute Gasteiger partial charge is 0.371 e. The molecule has 2 fully saturated rings. The van der Waals surface area contributed by atoms with Crippen molar-refractivity contribution >= 4 is 28.1 Å². The third-order valence-corrected chi connectivity index (χ3v) is 6.90. The van der Waals surface area contributed by atoms with Crippen molar-refractivity contribution in [3.8, 4) is 11.4 Å². The van der Waals surface area contributed by atoms with Crippen LogP contribution < -0.4 is 15.8 Å². The third-order valence-electron chi connectivity index (χ3n) is 6.90. The minimum Gasteiger partial charge on any atom is -0.371 e. The van der Waals surface area contributed by atoms with Crippen LogP contribution in [0, 0.1) is 11.2 Å². The molecule has 0 bridgehead atoms. The van der Waals surface area contributed by atoms with Gasteiger partial charge in [-0.3, -0.25) is 4.79 Å². The lowest BCUT2D eigenvalue weighted by Crippen LogP contribution is -2.34. The van der Waals surface area contributed by atoms with Gasteiger partial charge in [-0.15, -0.1) is 0 Å². The van der Waals surface area contributed by atoms with Crippen LogP contribution in [0.15, 0.2) is 59.5 Å². The number of H-pyrrole nitrogens is 1. The predicted molar refractivity (Wildman–Crippen MR) is 126 cm³/mol. The molecule has 1 aliphatic carbocycles. The van der Waals surface area contributed by atoms with E-state index in [0.29, 0.717) is 33.5 Å². The first kappa shape index (κ1) is 19.8. The number of hydrogen-bond donors (Lipinski definition) is 2. The molecule has 166 valence electrons. The Balaban J connectivity index is 1.31. The topological polar surface area (TPSA) is 86.8 Å². The summed E-state index contributed by atoms with van der Waals surface area (Å²) < 4.78 is 13.4. The first-order valence-corrected chi connectivity index (χ1v) is 11.2. The Labute approximate surface area is 189 Å². The molecule has 33 heavy (non-hydrogen) atoms. The summed E-state index contributed by atoms with van der Waals surface area (Å²) in [5.41, 5.74) is 3.36. The molecule has 1 saturated carbocycles. The zero-order chi connectivity index (χ0) is 22.4. The Morgan fingerprint density at radius 2 is 1.67 bits per heavy atom. The number of nitrogens with one attached hydrogen (secondary N) is 2. The van der Waals surface area contributed by atoms with Crippen molar-refractivity contribution in [3.63, 3.8) is 0 Å². The molecule has 4 aromatic rings. The van der Waals surface area contributed by atoms with Gasteiger partial charge in [0.1, 0.15) is 22.5 Å². The second kappa shape index (κ2) is 7.65.